The fourth-order valence-corrected chi connectivity index (χ4v) is 2.97. The van der Waals surface area contributed by atoms with Gasteiger partial charge in [-0.25, -0.2) is 4.68 Å². The number of thioether (sulfide) groups is 1. The lowest BCUT2D eigenvalue weighted by atomic mass is 10.0. The first-order valence-corrected chi connectivity index (χ1v) is 9.12. The summed E-state index contributed by atoms with van der Waals surface area (Å²) < 4.78 is 6.59. The van der Waals surface area contributed by atoms with Crippen LogP contribution in [0.4, 0.5) is 0 Å². The van der Waals surface area contributed by atoms with Gasteiger partial charge in [0.05, 0.1) is 12.0 Å². The van der Waals surface area contributed by atoms with Crippen LogP contribution >= 0.6 is 11.8 Å². The number of nitrogens with one attached hydrogen (secondary N) is 1. The van der Waals surface area contributed by atoms with Crippen LogP contribution in [0.2, 0.25) is 0 Å². The van der Waals surface area contributed by atoms with Crippen molar-refractivity contribution in [1.82, 2.24) is 20.2 Å². The molecule has 0 bridgehead atoms. The first-order chi connectivity index (χ1) is 11.5. The molecule has 0 saturated carbocycles. The van der Waals surface area contributed by atoms with E-state index in [-0.39, 0.29) is 17.7 Å². The molecule has 1 amide bonds. The Hall–Kier alpha value is -1.96. The van der Waals surface area contributed by atoms with Gasteiger partial charge in [0.15, 0.2) is 5.76 Å². The molecular formula is C16H25N5O2S. The average Bonchev–Trinajstić information content (AvgIpc) is 3.14. The van der Waals surface area contributed by atoms with Crippen LogP contribution in [-0.2, 0) is 4.79 Å². The number of nitrogens with zero attached hydrogens (tertiary/aromatic N) is 3. The average molecular weight is 351 g/mol. The SMILES string of the molecule is CC(C)CCC[C@@H](C)NC(=O)CSc1nnc(-c2ccco2)n1N. The smallest absolute Gasteiger partial charge is 0.230 e. The molecule has 0 aliphatic rings. The summed E-state index contributed by atoms with van der Waals surface area (Å²) >= 11 is 1.25. The monoisotopic (exact) mass is 351 g/mol. The van der Waals surface area contributed by atoms with Crippen molar-refractivity contribution in [1.29, 1.82) is 0 Å². The normalized spacial score (nSPS) is 12.5. The van der Waals surface area contributed by atoms with E-state index in [0.717, 1.165) is 12.8 Å². The number of hydrogen-bond acceptors (Lipinski definition) is 6. The molecule has 0 fully saturated rings. The molecule has 0 unspecified atom stereocenters. The van der Waals surface area contributed by atoms with Gasteiger partial charge in [0.2, 0.25) is 16.9 Å². The zero-order chi connectivity index (χ0) is 17.5. The van der Waals surface area contributed by atoms with Crippen molar-refractivity contribution in [2.24, 2.45) is 5.92 Å². The maximum absolute atomic E-state index is 12.0. The van der Waals surface area contributed by atoms with E-state index in [4.69, 9.17) is 10.3 Å². The number of nitrogen functional groups attached to an aromatic ring is 1. The summed E-state index contributed by atoms with van der Waals surface area (Å²) in [5, 5.41) is 11.5. The third kappa shape index (κ3) is 5.30. The van der Waals surface area contributed by atoms with Crippen LogP contribution in [-0.4, -0.2) is 32.6 Å². The molecule has 8 heteroatoms. The van der Waals surface area contributed by atoms with Crippen molar-refractivity contribution in [3.8, 4) is 11.6 Å². The summed E-state index contributed by atoms with van der Waals surface area (Å²) in [6, 6.07) is 3.68. The summed E-state index contributed by atoms with van der Waals surface area (Å²) in [6.45, 7) is 6.45. The molecule has 0 aromatic carbocycles. The van der Waals surface area contributed by atoms with Crippen molar-refractivity contribution in [3.63, 3.8) is 0 Å². The van der Waals surface area contributed by atoms with Crippen LogP contribution in [0.25, 0.3) is 11.6 Å². The molecule has 0 saturated heterocycles. The first kappa shape index (κ1) is 18.4. The molecule has 24 heavy (non-hydrogen) atoms. The Bertz CT molecular complexity index is 639. The van der Waals surface area contributed by atoms with Gasteiger partial charge in [0, 0.05) is 6.04 Å². The van der Waals surface area contributed by atoms with Crippen LogP contribution < -0.4 is 11.2 Å². The predicted octanol–water partition coefficient (Wildman–Crippen LogP) is 2.67. The second kappa shape index (κ2) is 8.77. The van der Waals surface area contributed by atoms with Crippen molar-refractivity contribution >= 4 is 17.7 Å². The van der Waals surface area contributed by atoms with Gasteiger partial charge >= 0.3 is 0 Å². The van der Waals surface area contributed by atoms with Gasteiger partial charge in [-0.1, -0.05) is 38.5 Å². The fourth-order valence-electron chi connectivity index (χ4n) is 2.30. The Labute approximate surface area is 146 Å². The highest BCUT2D eigenvalue weighted by molar-refractivity contribution is 7.99. The summed E-state index contributed by atoms with van der Waals surface area (Å²) in [5.41, 5.74) is 0. The number of aromatic nitrogens is 3. The highest BCUT2D eigenvalue weighted by atomic mass is 32.2. The molecule has 2 aromatic heterocycles. The molecule has 3 N–H and O–H groups in total. The number of rotatable bonds is 9. The second-order valence-electron chi connectivity index (χ2n) is 6.24. The molecular weight excluding hydrogens is 326 g/mol. The van der Waals surface area contributed by atoms with Crippen LogP contribution in [0, 0.1) is 5.92 Å². The van der Waals surface area contributed by atoms with Crippen LogP contribution in [0.15, 0.2) is 28.0 Å². The minimum absolute atomic E-state index is 0.0282. The van der Waals surface area contributed by atoms with Crippen molar-refractivity contribution in [2.45, 2.75) is 51.2 Å². The van der Waals surface area contributed by atoms with Gasteiger partial charge in [-0.05, 0) is 31.4 Å². The summed E-state index contributed by atoms with van der Waals surface area (Å²) in [6.07, 6.45) is 4.84. The number of furan rings is 1. The quantitative estimate of drug-likeness (QED) is 0.532. The molecule has 7 nitrogen and oxygen atoms in total. The molecule has 0 radical (unpaired) electrons. The molecule has 1 atom stereocenters. The molecule has 0 aliphatic carbocycles. The van der Waals surface area contributed by atoms with E-state index in [2.05, 4.69) is 29.4 Å². The lowest BCUT2D eigenvalue weighted by Gasteiger charge is -2.14. The standard InChI is InChI=1S/C16H25N5O2S/c1-11(2)6-4-7-12(3)18-14(22)10-24-16-20-19-15(21(16)17)13-8-5-9-23-13/h5,8-9,11-12H,4,6-7,10,17H2,1-3H3,(H,18,22)/t12-/m1/s1. The van der Waals surface area contributed by atoms with E-state index in [1.54, 1.807) is 18.4 Å². The third-order valence-corrected chi connectivity index (χ3v) is 4.51. The van der Waals surface area contributed by atoms with Crippen LogP contribution in [0.5, 0.6) is 0 Å². The molecule has 2 aromatic rings. The van der Waals surface area contributed by atoms with E-state index in [9.17, 15) is 4.79 Å². The molecule has 132 valence electrons. The summed E-state index contributed by atoms with van der Waals surface area (Å²) in [4.78, 5) is 12.0. The largest absolute Gasteiger partial charge is 0.461 e. The third-order valence-electron chi connectivity index (χ3n) is 3.56. The minimum atomic E-state index is -0.0282. The number of nitrogens with two attached hydrogens (primary N) is 1. The Morgan fingerprint density at radius 3 is 2.83 bits per heavy atom. The Morgan fingerprint density at radius 1 is 1.38 bits per heavy atom. The maximum atomic E-state index is 12.0. The molecule has 2 heterocycles. The Kier molecular flexibility index (Phi) is 6.72. The van der Waals surface area contributed by atoms with Crippen molar-refractivity contribution < 1.29 is 9.21 Å². The first-order valence-electron chi connectivity index (χ1n) is 8.14. The van der Waals surface area contributed by atoms with Crippen LogP contribution in [0.3, 0.4) is 0 Å². The minimum Gasteiger partial charge on any atom is -0.461 e. The van der Waals surface area contributed by atoms with E-state index in [1.807, 2.05) is 6.92 Å². The maximum Gasteiger partial charge on any atom is 0.230 e. The second-order valence-corrected chi connectivity index (χ2v) is 7.18. The zero-order valence-electron chi connectivity index (χ0n) is 14.4. The van der Waals surface area contributed by atoms with Crippen LogP contribution in [0.1, 0.15) is 40.0 Å². The van der Waals surface area contributed by atoms with Gasteiger partial charge in [0.25, 0.3) is 0 Å². The number of hydrogen-bond donors (Lipinski definition) is 2. The fraction of sp³-hybridized carbons (Fsp3) is 0.562. The van der Waals surface area contributed by atoms with Crippen molar-refractivity contribution in [2.75, 3.05) is 11.6 Å². The van der Waals surface area contributed by atoms with Crippen molar-refractivity contribution in [3.05, 3.63) is 18.4 Å². The van der Waals surface area contributed by atoms with Gasteiger partial charge < -0.3 is 15.6 Å². The predicted molar refractivity (Wildman–Crippen MR) is 94.9 cm³/mol. The Morgan fingerprint density at radius 2 is 2.17 bits per heavy atom. The zero-order valence-corrected chi connectivity index (χ0v) is 15.2. The lowest BCUT2D eigenvalue weighted by Crippen LogP contribution is -2.34. The lowest BCUT2D eigenvalue weighted by molar-refractivity contribution is -0.119. The summed E-state index contributed by atoms with van der Waals surface area (Å²) in [7, 11) is 0. The van der Waals surface area contributed by atoms with E-state index in [1.165, 1.54) is 22.9 Å². The Balaban J connectivity index is 1.78. The molecule has 0 aliphatic heterocycles. The van der Waals surface area contributed by atoms with Gasteiger partial charge in [-0.3, -0.25) is 4.79 Å². The number of carbonyl (C=O) groups excluding carboxylic acids is 1. The molecule has 2 rings (SSSR count). The summed E-state index contributed by atoms with van der Waals surface area (Å²) in [5.74, 6) is 7.85. The van der Waals surface area contributed by atoms with E-state index < -0.39 is 0 Å². The topological polar surface area (TPSA) is 99.0 Å². The number of amides is 1. The highest BCUT2D eigenvalue weighted by Crippen LogP contribution is 2.21. The molecule has 0 spiro atoms. The van der Waals surface area contributed by atoms with E-state index >= 15 is 0 Å². The number of carbonyl (C=O) groups is 1. The van der Waals surface area contributed by atoms with Gasteiger partial charge in [-0.15, -0.1) is 10.2 Å². The van der Waals surface area contributed by atoms with Gasteiger partial charge in [0.1, 0.15) is 0 Å². The highest BCUT2D eigenvalue weighted by Gasteiger charge is 2.16. The van der Waals surface area contributed by atoms with E-state index in [0.29, 0.717) is 22.7 Å². The van der Waals surface area contributed by atoms with Gasteiger partial charge in [-0.2, -0.15) is 0 Å².